The van der Waals surface area contributed by atoms with Crippen LogP contribution in [0.5, 0.6) is 0 Å². The van der Waals surface area contributed by atoms with Crippen molar-refractivity contribution >= 4 is 22.4 Å². The Bertz CT molecular complexity index is 959. The molecule has 2 aromatic rings. The molecule has 2 aliphatic heterocycles. The number of nitrogens with one attached hydrogen (secondary N) is 2. The summed E-state index contributed by atoms with van der Waals surface area (Å²) in [6.07, 6.45) is 6.57. The third-order valence-electron chi connectivity index (χ3n) is 6.08. The van der Waals surface area contributed by atoms with Crippen LogP contribution in [0.4, 0.5) is 18.9 Å². The van der Waals surface area contributed by atoms with Gasteiger partial charge in [0.05, 0.1) is 23.0 Å². The highest BCUT2D eigenvalue weighted by molar-refractivity contribution is 5.95. The van der Waals surface area contributed by atoms with E-state index in [0.29, 0.717) is 18.6 Å². The summed E-state index contributed by atoms with van der Waals surface area (Å²) in [5, 5.41) is 8.07. The van der Waals surface area contributed by atoms with Crippen molar-refractivity contribution in [1.82, 2.24) is 20.2 Å². The molecule has 3 aliphatic rings. The molecule has 0 amide bonds. The van der Waals surface area contributed by atoms with Gasteiger partial charge in [0, 0.05) is 31.0 Å². The lowest BCUT2D eigenvalue weighted by atomic mass is 9.99. The molecule has 1 saturated carbocycles. The Labute approximate surface area is 171 Å². The fraction of sp³-hybridized carbons (Fsp3) is 0.600. The third-order valence-corrected chi connectivity index (χ3v) is 6.08. The van der Waals surface area contributed by atoms with Gasteiger partial charge in [0.1, 0.15) is 12.1 Å². The highest BCUT2D eigenvalue weighted by Gasteiger charge is 2.39. The van der Waals surface area contributed by atoms with Gasteiger partial charge < -0.3 is 10.1 Å². The van der Waals surface area contributed by atoms with E-state index in [4.69, 9.17) is 9.57 Å². The number of nitrogens with zero attached hydrogens (tertiary/aromatic N) is 3. The molecule has 162 valence electrons. The first-order valence-corrected chi connectivity index (χ1v) is 10.4. The monoisotopic (exact) mass is 423 g/mol. The highest BCUT2D eigenvalue weighted by Crippen LogP contribution is 2.41. The number of hydroxylamine groups is 1. The van der Waals surface area contributed by atoms with Gasteiger partial charge in [-0.2, -0.15) is 18.3 Å². The fourth-order valence-electron chi connectivity index (χ4n) is 4.55. The summed E-state index contributed by atoms with van der Waals surface area (Å²) in [5.41, 5.74) is 5.26. The molecule has 10 heteroatoms. The van der Waals surface area contributed by atoms with Crippen LogP contribution in [-0.2, 0) is 16.1 Å². The normalized spacial score (nSPS) is 21.9. The van der Waals surface area contributed by atoms with Crippen molar-refractivity contribution < 1.29 is 22.7 Å². The van der Waals surface area contributed by atoms with Crippen LogP contribution in [0.15, 0.2) is 18.5 Å². The number of ether oxygens (including phenoxy) is 1. The van der Waals surface area contributed by atoms with Gasteiger partial charge in [0.2, 0.25) is 0 Å². The van der Waals surface area contributed by atoms with Crippen molar-refractivity contribution in [2.45, 2.75) is 62.9 Å². The number of alkyl halides is 3. The van der Waals surface area contributed by atoms with Crippen molar-refractivity contribution in [3.05, 3.63) is 24.0 Å². The van der Waals surface area contributed by atoms with Crippen LogP contribution in [0.2, 0.25) is 0 Å². The fourth-order valence-corrected chi connectivity index (χ4v) is 4.55. The maximum absolute atomic E-state index is 13.0. The molecule has 0 atom stereocenters. The Kier molecular flexibility index (Phi) is 4.85. The molecular formula is C20H24F3N5O2. The Hall–Kier alpha value is -2.33. The van der Waals surface area contributed by atoms with Crippen molar-refractivity contribution in [2.24, 2.45) is 0 Å². The van der Waals surface area contributed by atoms with Crippen LogP contribution < -0.4 is 10.8 Å². The number of hydrogen-bond acceptors (Lipinski definition) is 6. The van der Waals surface area contributed by atoms with Crippen LogP contribution in [0, 0.1) is 0 Å². The van der Waals surface area contributed by atoms with Crippen molar-refractivity contribution in [3.63, 3.8) is 0 Å². The molecule has 0 radical (unpaired) electrons. The van der Waals surface area contributed by atoms with Gasteiger partial charge in [-0.3, -0.25) is 10.3 Å². The van der Waals surface area contributed by atoms with Gasteiger partial charge in [-0.05, 0) is 31.8 Å². The van der Waals surface area contributed by atoms with Gasteiger partial charge in [0.25, 0.3) is 0 Å². The number of rotatable bonds is 4. The van der Waals surface area contributed by atoms with Crippen molar-refractivity contribution in [2.75, 3.05) is 18.5 Å². The summed E-state index contributed by atoms with van der Waals surface area (Å²) in [6.45, 7) is 0.135. The molecule has 0 unspecified atom stereocenters. The molecule has 7 nitrogen and oxygen atoms in total. The Morgan fingerprint density at radius 3 is 2.70 bits per heavy atom. The molecular weight excluding hydrogens is 399 g/mol. The molecule has 1 spiro atoms. The standard InChI is InChI=1S/C20H24F3N5O2/c21-20(22,23)12-28-18-15(11-25-28)17(26-13-3-7-29-8-4-13)14(10-24-18)16-9-19(30-27-16)5-1-2-6-19/h9-11,13,27H,1-8,12H2,(H,24,26). The molecule has 1 saturated heterocycles. The first-order chi connectivity index (χ1) is 14.4. The predicted molar refractivity (Wildman–Crippen MR) is 104 cm³/mol. The Morgan fingerprint density at radius 1 is 1.20 bits per heavy atom. The molecule has 0 bridgehead atoms. The minimum Gasteiger partial charge on any atom is -0.381 e. The first kappa shape index (κ1) is 19.6. The van der Waals surface area contributed by atoms with Gasteiger partial charge in [-0.1, -0.05) is 12.8 Å². The second-order valence-electron chi connectivity index (χ2n) is 8.27. The van der Waals surface area contributed by atoms with E-state index < -0.39 is 12.7 Å². The molecule has 30 heavy (non-hydrogen) atoms. The molecule has 1 aliphatic carbocycles. The van der Waals surface area contributed by atoms with Crippen LogP contribution in [0.1, 0.15) is 44.1 Å². The Balaban J connectivity index is 1.56. The Morgan fingerprint density at radius 2 is 1.97 bits per heavy atom. The predicted octanol–water partition coefficient (Wildman–Crippen LogP) is 3.77. The van der Waals surface area contributed by atoms with Gasteiger partial charge in [0.15, 0.2) is 5.65 Å². The number of anilines is 1. The second-order valence-corrected chi connectivity index (χ2v) is 8.27. The molecule has 2 N–H and O–H groups in total. The average molecular weight is 423 g/mol. The van der Waals surface area contributed by atoms with E-state index in [1.165, 1.54) is 6.20 Å². The van der Waals surface area contributed by atoms with Crippen LogP contribution >= 0.6 is 0 Å². The SMILES string of the molecule is FC(F)(F)Cn1ncc2c(NC3CCOCC3)c(C3=CC4(CCCC4)ON3)cnc21. The van der Waals surface area contributed by atoms with Crippen molar-refractivity contribution in [1.29, 1.82) is 0 Å². The molecule has 2 fully saturated rings. The van der Waals surface area contributed by atoms with E-state index in [1.807, 2.05) is 0 Å². The summed E-state index contributed by atoms with van der Waals surface area (Å²) in [5.74, 6) is 0. The zero-order chi connectivity index (χ0) is 20.8. The minimum absolute atomic E-state index is 0.164. The minimum atomic E-state index is -4.37. The average Bonchev–Trinajstić information content (AvgIpc) is 3.44. The van der Waals surface area contributed by atoms with Crippen LogP contribution in [-0.4, -0.2) is 45.8 Å². The maximum Gasteiger partial charge on any atom is 0.408 e. The van der Waals surface area contributed by atoms with E-state index in [9.17, 15) is 13.2 Å². The molecule has 0 aromatic carbocycles. The van der Waals surface area contributed by atoms with Crippen LogP contribution in [0.3, 0.4) is 0 Å². The van der Waals surface area contributed by atoms with E-state index in [1.54, 1.807) is 6.20 Å². The van der Waals surface area contributed by atoms with Crippen molar-refractivity contribution in [3.8, 4) is 0 Å². The lowest BCUT2D eigenvalue weighted by Gasteiger charge is -2.26. The molecule has 4 heterocycles. The van der Waals surface area contributed by atoms with E-state index in [2.05, 4.69) is 27.0 Å². The lowest BCUT2D eigenvalue weighted by molar-refractivity contribution is -0.141. The van der Waals surface area contributed by atoms with E-state index in [0.717, 1.165) is 60.2 Å². The third kappa shape index (κ3) is 3.74. The number of pyridine rings is 1. The zero-order valence-corrected chi connectivity index (χ0v) is 16.5. The zero-order valence-electron chi connectivity index (χ0n) is 16.5. The lowest BCUT2D eigenvalue weighted by Crippen LogP contribution is -2.28. The summed E-state index contributed by atoms with van der Waals surface area (Å²) in [4.78, 5) is 10.2. The molecule has 2 aromatic heterocycles. The summed E-state index contributed by atoms with van der Waals surface area (Å²) >= 11 is 0. The summed E-state index contributed by atoms with van der Waals surface area (Å²) in [7, 11) is 0. The van der Waals surface area contributed by atoms with Gasteiger partial charge in [-0.15, -0.1) is 0 Å². The topological polar surface area (TPSA) is 73.2 Å². The number of hydrogen-bond donors (Lipinski definition) is 2. The summed E-state index contributed by atoms with van der Waals surface area (Å²) in [6, 6.07) is 0.164. The van der Waals surface area contributed by atoms with E-state index >= 15 is 0 Å². The smallest absolute Gasteiger partial charge is 0.381 e. The van der Waals surface area contributed by atoms with E-state index in [-0.39, 0.29) is 17.3 Å². The quantitative estimate of drug-likeness (QED) is 0.780. The van der Waals surface area contributed by atoms with Gasteiger partial charge in [-0.25, -0.2) is 9.67 Å². The second kappa shape index (κ2) is 7.42. The van der Waals surface area contributed by atoms with Gasteiger partial charge >= 0.3 is 6.18 Å². The summed E-state index contributed by atoms with van der Waals surface area (Å²) < 4.78 is 45.2. The number of aromatic nitrogens is 3. The maximum atomic E-state index is 13.0. The number of fused-ring (bicyclic) bond motifs is 1. The largest absolute Gasteiger partial charge is 0.408 e. The first-order valence-electron chi connectivity index (χ1n) is 10.4. The van der Waals surface area contributed by atoms with Crippen LogP contribution in [0.25, 0.3) is 16.7 Å². The highest BCUT2D eigenvalue weighted by atomic mass is 19.4. The molecule has 5 rings (SSSR count). The number of halogens is 3.